The van der Waals surface area contributed by atoms with Gasteiger partial charge in [-0.05, 0) is 20.3 Å². The second-order valence-electron chi connectivity index (χ2n) is 3.55. The van der Waals surface area contributed by atoms with Crippen molar-refractivity contribution in [2.75, 3.05) is 0 Å². The van der Waals surface area contributed by atoms with Crippen LogP contribution in [0, 0.1) is 0 Å². The minimum absolute atomic E-state index is 0.152. The number of aliphatic hydroxyl groups is 1. The van der Waals surface area contributed by atoms with Gasteiger partial charge in [-0.15, -0.1) is 0 Å². The molecular weight excluding hydrogens is 157 g/mol. The van der Waals surface area contributed by atoms with Crippen molar-refractivity contribution in [2.24, 2.45) is 4.99 Å². The first-order chi connectivity index (χ1) is 5.49. The fourth-order valence-electron chi connectivity index (χ4n) is 1.56. The third-order valence-electron chi connectivity index (χ3n) is 2.70. The van der Waals surface area contributed by atoms with Crippen LogP contribution in [0.5, 0.6) is 0 Å². The van der Waals surface area contributed by atoms with E-state index in [1.165, 1.54) is 0 Å². The van der Waals surface area contributed by atoms with Gasteiger partial charge >= 0.3 is 0 Å². The zero-order chi connectivity index (χ0) is 9.35. The highest BCUT2D eigenvalue weighted by Gasteiger charge is 2.39. The van der Waals surface area contributed by atoms with Gasteiger partial charge in [-0.3, -0.25) is 4.99 Å². The van der Waals surface area contributed by atoms with Crippen LogP contribution < -0.4 is 0 Å². The molecule has 3 heteroatoms. The van der Waals surface area contributed by atoms with Gasteiger partial charge in [-0.2, -0.15) is 0 Å². The van der Waals surface area contributed by atoms with Crippen LogP contribution >= 0.6 is 0 Å². The van der Waals surface area contributed by atoms with E-state index in [0.29, 0.717) is 12.1 Å². The quantitative estimate of drug-likeness (QED) is 0.643. The highest BCUT2D eigenvalue weighted by molar-refractivity contribution is 5.91. The van der Waals surface area contributed by atoms with Crippen molar-refractivity contribution in [1.82, 2.24) is 0 Å². The Morgan fingerprint density at radius 1 is 1.75 bits per heavy atom. The number of nitrogens with zero attached hydrogens (tertiary/aromatic N) is 1. The van der Waals surface area contributed by atoms with Gasteiger partial charge in [-0.1, -0.05) is 6.92 Å². The minimum atomic E-state index is -1.37. The Labute approximate surface area is 72.5 Å². The van der Waals surface area contributed by atoms with Crippen molar-refractivity contribution in [3.63, 3.8) is 0 Å². The lowest BCUT2D eigenvalue weighted by Gasteiger charge is -2.33. The van der Waals surface area contributed by atoms with Crippen molar-refractivity contribution in [2.45, 2.75) is 51.4 Å². The molecule has 3 atom stereocenters. The van der Waals surface area contributed by atoms with Crippen molar-refractivity contribution in [1.29, 1.82) is 0 Å². The molecule has 1 heterocycles. The smallest absolute Gasteiger partial charge is 0.150 e. The summed E-state index contributed by atoms with van der Waals surface area (Å²) in [7, 11) is 0. The highest BCUT2D eigenvalue weighted by Crippen LogP contribution is 2.30. The number of halogens is 1. The van der Waals surface area contributed by atoms with E-state index in [9.17, 15) is 9.50 Å². The molecule has 0 aliphatic carbocycles. The van der Waals surface area contributed by atoms with Crippen LogP contribution in [-0.2, 0) is 0 Å². The normalized spacial score (nSPS) is 42.6. The van der Waals surface area contributed by atoms with Gasteiger partial charge in [0.2, 0.25) is 0 Å². The summed E-state index contributed by atoms with van der Waals surface area (Å²) in [5.74, 6) is 0. The standard InChI is InChI=1S/C9H16FNO/c1-4-9(10)5-8(12)6(2)11-7(9)3/h6,8,12H,4-5H2,1-3H3. The zero-order valence-corrected chi connectivity index (χ0v) is 7.84. The van der Waals surface area contributed by atoms with E-state index in [1.54, 1.807) is 13.8 Å². The number of alkyl halides is 1. The third-order valence-corrected chi connectivity index (χ3v) is 2.70. The molecule has 0 fully saturated rings. The summed E-state index contributed by atoms with van der Waals surface area (Å²) in [6.45, 7) is 5.29. The van der Waals surface area contributed by atoms with Crippen LogP contribution in [0.2, 0.25) is 0 Å². The Bertz CT molecular complexity index is 205. The molecule has 0 spiro atoms. The summed E-state index contributed by atoms with van der Waals surface area (Å²) in [6, 6.07) is -0.152. The first kappa shape index (κ1) is 9.65. The number of hydrogen-bond acceptors (Lipinski definition) is 2. The molecule has 0 saturated heterocycles. The molecule has 1 aliphatic rings. The average Bonchev–Trinajstić information content (AvgIpc) is 2.01. The second-order valence-corrected chi connectivity index (χ2v) is 3.55. The number of aliphatic hydroxyl groups excluding tert-OH is 1. The van der Waals surface area contributed by atoms with Crippen molar-refractivity contribution < 1.29 is 9.50 Å². The van der Waals surface area contributed by atoms with Gasteiger partial charge in [0.15, 0.2) is 5.67 Å². The molecule has 0 saturated carbocycles. The molecular formula is C9H16FNO. The maximum absolute atomic E-state index is 13.8. The Hall–Kier alpha value is -0.440. The van der Waals surface area contributed by atoms with E-state index < -0.39 is 11.8 Å². The van der Waals surface area contributed by atoms with E-state index in [0.717, 1.165) is 0 Å². The summed E-state index contributed by atoms with van der Waals surface area (Å²) >= 11 is 0. The summed E-state index contributed by atoms with van der Waals surface area (Å²) < 4.78 is 13.8. The zero-order valence-electron chi connectivity index (χ0n) is 7.84. The molecule has 0 radical (unpaired) electrons. The lowest BCUT2D eigenvalue weighted by atomic mass is 9.86. The molecule has 3 unspecified atom stereocenters. The third kappa shape index (κ3) is 1.51. The molecule has 0 amide bonds. The summed E-state index contributed by atoms with van der Waals surface area (Å²) in [4.78, 5) is 4.08. The average molecular weight is 173 g/mol. The molecule has 12 heavy (non-hydrogen) atoms. The lowest BCUT2D eigenvalue weighted by Crippen LogP contribution is -2.44. The Morgan fingerprint density at radius 2 is 2.33 bits per heavy atom. The number of hydrogen-bond donors (Lipinski definition) is 1. The van der Waals surface area contributed by atoms with Crippen molar-refractivity contribution in [3.05, 3.63) is 0 Å². The topological polar surface area (TPSA) is 32.6 Å². The second kappa shape index (κ2) is 3.13. The maximum atomic E-state index is 13.8. The largest absolute Gasteiger partial charge is 0.391 e. The monoisotopic (exact) mass is 173 g/mol. The Morgan fingerprint density at radius 3 is 2.83 bits per heavy atom. The van der Waals surface area contributed by atoms with Gasteiger partial charge in [0.25, 0.3) is 0 Å². The van der Waals surface area contributed by atoms with Gasteiger partial charge < -0.3 is 5.11 Å². The fourth-order valence-corrected chi connectivity index (χ4v) is 1.56. The van der Waals surface area contributed by atoms with Gasteiger partial charge in [0.1, 0.15) is 0 Å². The summed E-state index contributed by atoms with van der Waals surface area (Å²) in [5.41, 5.74) is -0.839. The van der Waals surface area contributed by atoms with Crippen molar-refractivity contribution >= 4 is 5.71 Å². The van der Waals surface area contributed by atoms with Gasteiger partial charge in [0.05, 0.1) is 12.1 Å². The van der Waals surface area contributed by atoms with Crippen LogP contribution in [0.1, 0.15) is 33.6 Å². The van der Waals surface area contributed by atoms with E-state index >= 15 is 0 Å². The van der Waals surface area contributed by atoms with Crippen LogP contribution in [0.15, 0.2) is 4.99 Å². The molecule has 70 valence electrons. The van der Waals surface area contributed by atoms with Crippen molar-refractivity contribution in [3.8, 4) is 0 Å². The molecule has 0 aromatic heterocycles. The molecule has 2 nitrogen and oxygen atoms in total. The van der Waals surface area contributed by atoms with Crippen LogP contribution in [0.25, 0.3) is 0 Å². The van der Waals surface area contributed by atoms with E-state index in [1.807, 2.05) is 6.92 Å². The molecule has 0 aromatic rings. The van der Waals surface area contributed by atoms with E-state index in [4.69, 9.17) is 0 Å². The first-order valence-electron chi connectivity index (χ1n) is 4.41. The maximum Gasteiger partial charge on any atom is 0.150 e. The SMILES string of the molecule is CCC1(F)CC(O)C(C)N=C1C. The molecule has 1 N–H and O–H groups in total. The predicted molar refractivity (Wildman–Crippen MR) is 47.3 cm³/mol. The summed E-state index contributed by atoms with van der Waals surface area (Å²) in [5, 5.41) is 9.42. The first-order valence-corrected chi connectivity index (χ1v) is 4.41. The fraction of sp³-hybridized carbons (Fsp3) is 0.889. The highest BCUT2D eigenvalue weighted by atomic mass is 19.1. The number of aliphatic imine (C=N–C) groups is 1. The van der Waals surface area contributed by atoms with E-state index in [2.05, 4.69) is 4.99 Å². The molecule has 1 rings (SSSR count). The Balaban J connectivity index is 2.88. The lowest BCUT2D eigenvalue weighted by molar-refractivity contribution is 0.0725. The Kier molecular flexibility index (Phi) is 2.52. The molecule has 0 bridgehead atoms. The number of rotatable bonds is 1. The molecule has 1 aliphatic heterocycles. The molecule has 0 aromatic carbocycles. The van der Waals surface area contributed by atoms with Crippen LogP contribution in [-0.4, -0.2) is 28.6 Å². The summed E-state index contributed by atoms with van der Waals surface area (Å²) in [6.07, 6.45) is -0.0369. The van der Waals surface area contributed by atoms with Crippen LogP contribution in [0.3, 0.4) is 0 Å². The van der Waals surface area contributed by atoms with Gasteiger partial charge in [0, 0.05) is 12.1 Å². The van der Waals surface area contributed by atoms with E-state index in [-0.39, 0.29) is 12.5 Å². The van der Waals surface area contributed by atoms with Gasteiger partial charge in [-0.25, -0.2) is 4.39 Å². The van der Waals surface area contributed by atoms with Crippen LogP contribution in [0.4, 0.5) is 4.39 Å². The minimum Gasteiger partial charge on any atom is -0.391 e. The predicted octanol–water partition coefficient (Wildman–Crippen LogP) is 1.72.